The number of hydrogen-bond acceptors (Lipinski definition) is 7. The fourth-order valence-electron chi connectivity index (χ4n) is 3.89. The van der Waals surface area contributed by atoms with Crippen molar-refractivity contribution < 1.29 is 17.7 Å². The second kappa shape index (κ2) is 9.96. The molecule has 0 saturated heterocycles. The molecule has 4 aromatic rings. The molecule has 1 atom stereocenters. The highest BCUT2D eigenvalue weighted by Crippen LogP contribution is 2.32. The van der Waals surface area contributed by atoms with Gasteiger partial charge in [-0.2, -0.15) is 4.39 Å². The van der Waals surface area contributed by atoms with Gasteiger partial charge >= 0.3 is 0 Å². The Morgan fingerprint density at radius 1 is 1.20 bits per heavy atom. The van der Waals surface area contributed by atoms with Gasteiger partial charge in [-0.05, 0) is 55.8 Å². The summed E-state index contributed by atoms with van der Waals surface area (Å²) in [5.41, 5.74) is 7.94. The maximum absolute atomic E-state index is 14.7. The van der Waals surface area contributed by atoms with Crippen molar-refractivity contribution in [2.75, 3.05) is 31.8 Å². The highest BCUT2D eigenvalue weighted by atomic mass is 32.2. The van der Waals surface area contributed by atoms with Crippen LogP contribution in [-0.2, 0) is 9.73 Å². The molecule has 2 aromatic carbocycles. The number of imidazole rings is 1. The molecule has 0 bridgehead atoms. The van der Waals surface area contributed by atoms with Crippen molar-refractivity contribution in [3.8, 4) is 17.0 Å². The summed E-state index contributed by atoms with van der Waals surface area (Å²) in [6.07, 6.45) is 5.22. The van der Waals surface area contributed by atoms with Crippen LogP contribution < -0.4 is 15.8 Å². The first-order valence-electron chi connectivity index (χ1n) is 10.9. The number of nitrogens with one attached hydrogen (secondary N) is 1. The number of nitrogens with two attached hydrogens (primary N) is 1. The third-order valence-corrected chi connectivity index (χ3v) is 8.25. The van der Waals surface area contributed by atoms with Crippen molar-refractivity contribution in [1.29, 1.82) is 0 Å². The summed E-state index contributed by atoms with van der Waals surface area (Å²) < 4.78 is 52.9. The van der Waals surface area contributed by atoms with E-state index in [1.807, 2.05) is 13.0 Å². The predicted molar refractivity (Wildman–Crippen MR) is 133 cm³/mol. The van der Waals surface area contributed by atoms with Gasteiger partial charge in [0.25, 0.3) is 0 Å². The molecule has 0 aliphatic rings. The highest BCUT2D eigenvalue weighted by molar-refractivity contribution is 7.93. The average Bonchev–Trinajstić information content (AvgIpc) is 3.29. The Kier molecular flexibility index (Phi) is 6.99. The molecule has 3 N–H and O–H groups in total. The number of halogens is 2. The van der Waals surface area contributed by atoms with Crippen molar-refractivity contribution >= 4 is 26.9 Å². The summed E-state index contributed by atoms with van der Waals surface area (Å²) in [5.74, 6) is -1.45. The number of aromatic nitrogens is 3. The van der Waals surface area contributed by atoms with Crippen LogP contribution in [0.15, 0.2) is 58.2 Å². The monoisotopic (exact) mass is 500 g/mol. The summed E-state index contributed by atoms with van der Waals surface area (Å²) in [4.78, 5) is 9.41. The van der Waals surface area contributed by atoms with Gasteiger partial charge in [0, 0.05) is 36.4 Å². The van der Waals surface area contributed by atoms with E-state index in [1.165, 1.54) is 31.6 Å². The van der Waals surface area contributed by atoms with Crippen molar-refractivity contribution in [2.24, 2.45) is 10.1 Å². The Morgan fingerprint density at radius 3 is 2.69 bits per heavy atom. The van der Waals surface area contributed by atoms with Crippen molar-refractivity contribution in [3.05, 3.63) is 66.1 Å². The van der Waals surface area contributed by atoms with Crippen molar-refractivity contribution in [3.63, 3.8) is 0 Å². The summed E-state index contributed by atoms with van der Waals surface area (Å²) in [7, 11) is 0.282. The summed E-state index contributed by atoms with van der Waals surface area (Å²) >= 11 is 0. The van der Waals surface area contributed by atoms with E-state index in [-0.39, 0.29) is 11.3 Å². The Hall–Kier alpha value is -3.57. The van der Waals surface area contributed by atoms with Crippen LogP contribution >= 0.6 is 0 Å². The van der Waals surface area contributed by atoms with Crippen LogP contribution in [0.1, 0.15) is 12.0 Å². The normalized spacial score (nSPS) is 13.0. The standard InChI is InChI=1S/C24H26F2N6O2S/c1-15-13-16(5-8-20(15)35(33,28-2)12-4-9-27)31-23-24-30-14-18(32(24)11-10-29-23)17-6-7-19(34-3)22(26)21(17)25/h5-8,10-11,13-14H,4,9,12,27H2,1-3H3,(H,29,31). The molecule has 2 aromatic heterocycles. The number of aryl methyl sites for hydroxylation is 1. The van der Waals surface area contributed by atoms with Crippen LogP contribution in [0.25, 0.3) is 16.9 Å². The lowest BCUT2D eigenvalue weighted by Gasteiger charge is -2.14. The van der Waals surface area contributed by atoms with E-state index in [0.29, 0.717) is 46.5 Å². The predicted octanol–water partition coefficient (Wildman–Crippen LogP) is 4.54. The molecule has 0 spiro atoms. The second-order valence-electron chi connectivity index (χ2n) is 7.83. The largest absolute Gasteiger partial charge is 0.494 e. The molecule has 35 heavy (non-hydrogen) atoms. The first-order valence-corrected chi connectivity index (χ1v) is 12.6. The molecule has 0 aliphatic carbocycles. The van der Waals surface area contributed by atoms with E-state index in [2.05, 4.69) is 19.6 Å². The molecule has 184 valence electrons. The first kappa shape index (κ1) is 24.6. The summed E-state index contributed by atoms with van der Waals surface area (Å²) in [6.45, 7) is 2.32. The first-order chi connectivity index (χ1) is 16.8. The van der Waals surface area contributed by atoms with E-state index in [1.54, 1.807) is 29.8 Å². The Bertz CT molecular complexity index is 1510. The van der Waals surface area contributed by atoms with Gasteiger partial charge in [0.2, 0.25) is 5.82 Å². The minimum absolute atomic E-state index is 0.0451. The van der Waals surface area contributed by atoms with Crippen LogP contribution in [0.5, 0.6) is 5.75 Å². The van der Waals surface area contributed by atoms with Crippen LogP contribution in [0.2, 0.25) is 0 Å². The van der Waals surface area contributed by atoms with E-state index in [9.17, 15) is 13.0 Å². The summed E-state index contributed by atoms with van der Waals surface area (Å²) in [5, 5.41) is 3.21. The van der Waals surface area contributed by atoms with Crippen LogP contribution in [0, 0.1) is 18.6 Å². The van der Waals surface area contributed by atoms with Gasteiger partial charge in [-0.25, -0.2) is 22.9 Å². The fourth-order valence-corrected chi connectivity index (χ4v) is 5.89. The molecule has 8 nitrogen and oxygen atoms in total. The van der Waals surface area contributed by atoms with Crippen molar-refractivity contribution in [2.45, 2.75) is 18.2 Å². The van der Waals surface area contributed by atoms with Gasteiger partial charge < -0.3 is 15.8 Å². The number of benzene rings is 2. The molecule has 1 unspecified atom stereocenters. The second-order valence-corrected chi connectivity index (χ2v) is 10.3. The van der Waals surface area contributed by atoms with Crippen molar-refractivity contribution in [1.82, 2.24) is 14.4 Å². The molecule has 11 heteroatoms. The van der Waals surface area contributed by atoms with Crippen LogP contribution in [0.3, 0.4) is 0 Å². The topological polar surface area (TPSA) is 107 Å². The summed E-state index contributed by atoms with van der Waals surface area (Å²) in [6, 6.07) is 8.25. The van der Waals surface area contributed by atoms with Gasteiger partial charge in [0.1, 0.15) is 0 Å². The number of methoxy groups -OCH3 is 1. The Morgan fingerprint density at radius 2 is 2.00 bits per heavy atom. The van der Waals surface area contributed by atoms with E-state index >= 15 is 0 Å². The van der Waals surface area contributed by atoms with E-state index in [4.69, 9.17) is 10.5 Å². The average molecular weight is 501 g/mol. The minimum Gasteiger partial charge on any atom is -0.494 e. The smallest absolute Gasteiger partial charge is 0.201 e. The number of hydrogen-bond donors (Lipinski definition) is 2. The number of nitrogens with zero attached hydrogens (tertiary/aromatic N) is 4. The molecule has 0 saturated carbocycles. The van der Waals surface area contributed by atoms with Gasteiger partial charge in [0.05, 0.1) is 33.6 Å². The van der Waals surface area contributed by atoms with Gasteiger partial charge in [-0.15, -0.1) is 0 Å². The molecule has 2 heterocycles. The zero-order valence-electron chi connectivity index (χ0n) is 19.6. The molecule has 4 rings (SSSR count). The molecule has 0 fully saturated rings. The molecule has 0 aliphatic heterocycles. The number of ether oxygens (including phenoxy) is 1. The maximum atomic E-state index is 14.7. The molecular weight excluding hydrogens is 474 g/mol. The lowest BCUT2D eigenvalue weighted by atomic mass is 10.1. The number of rotatable bonds is 8. The van der Waals surface area contributed by atoms with Gasteiger partial charge in [0.15, 0.2) is 23.0 Å². The maximum Gasteiger partial charge on any atom is 0.201 e. The van der Waals surface area contributed by atoms with Gasteiger partial charge in [-0.3, -0.25) is 4.40 Å². The molecule has 0 amide bonds. The number of anilines is 2. The third kappa shape index (κ3) is 4.56. The number of fused-ring (bicyclic) bond motifs is 1. The SMILES string of the molecule is CN=S(=O)(CCCN)c1ccc(Nc2nccn3c(-c4ccc(OC)c(F)c4F)cnc23)cc1C. The minimum atomic E-state index is -2.55. The zero-order chi connectivity index (χ0) is 25.2. The fraction of sp³-hybridized carbons (Fsp3) is 0.250. The van der Waals surface area contributed by atoms with Crippen LogP contribution in [-0.4, -0.2) is 45.0 Å². The highest BCUT2D eigenvalue weighted by Gasteiger charge is 2.19. The Balaban J connectivity index is 1.69. The third-order valence-electron chi connectivity index (χ3n) is 5.67. The van der Waals surface area contributed by atoms with E-state index in [0.717, 1.165) is 5.56 Å². The van der Waals surface area contributed by atoms with Crippen LogP contribution in [0.4, 0.5) is 20.3 Å². The lowest BCUT2D eigenvalue weighted by molar-refractivity contribution is 0.372. The van der Waals surface area contributed by atoms with E-state index < -0.39 is 21.4 Å². The quantitative estimate of drug-likeness (QED) is 0.368. The molecule has 0 radical (unpaired) electrons. The molecular formula is C24H26F2N6O2S. The lowest BCUT2D eigenvalue weighted by Crippen LogP contribution is -2.12. The Labute approximate surface area is 202 Å². The van der Waals surface area contributed by atoms with Gasteiger partial charge in [-0.1, -0.05) is 0 Å². The zero-order valence-corrected chi connectivity index (χ0v) is 20.4.